The van der Waals surface area contributed by atoms with Crippen molar-refractivity contribution in [3.63, 3.8) is 0 Å². The second-order valence-electron chi connectivity index (χ2n) is 6.74. The first kappa shape index (κ1) is 20.5. The largest absolute Gasteiger partial charge is 0.485 e. The Morgan fingerprint density at radius 1 is 1.07 bits per heavy atom. The first-order chi connectivity index (χ1) is 13.9. The predicted molar refractivity (Wildman–Crippen MR) is 105 cm³/mol. The maximum atomic E-state index is 13.2. The molecule has 0 bridgehead atoms. The van der Waals surface area contributed by atoms with Gasteiger partial charge in [0.1, 0.15) is 18.2 Å². The van der Waals surface area contributed by atoms with Crippen LogP contribution in [0.1, 0.15) is 16.1 Å². The number of hydrogen-bond donors (Lipinski definition) is 1. The number of amides is 1. The minimum absolute atomic E-state index is 0.121. The Labute approximate surface area is 167 Å². The van der Waals surface area contributed by atoms with Crippen LogP contribution in [0.3, 0.4) is 0 Å². The Morgan fingerprint density at radius 2 is 1.69 bits per heavy atom. The summed E-state index contributed by atoms with van der Waals surface area (Å²) in [7, 11) is 3.82. The van der Waals surface area contributed by atoms with E-state index < -0.39 is 0 Å². The summed E-state index contributed by atoms with van der Waals surface area (Å²) in [5, 5.41) is 7.12. The van der Waals surface area contributed by atoms with E-state index in [1.165, 1.54) is 28.9 Å². The van der Waals surface area contributed by atoms with Gasteiger partial charge in [0, 0.05) is 13.1 Å². The molecular weight excluding hydrogens is 378 g/mol. The molecule has 1 heterocycles. The molecule has 3 aromatic rings. The van der Waals surface area contributed by atoms with Crippen LogP contribution in [0.4, 0.5) is 8.78 Å². The van der Waals surface area contributed by atoms with Gasteiger partial charge in [0.15, 0.2) is 11.4 Å². The fourth-order valence-corrected chi connectivity index (χ4v) is 2.57. The number of benzene rings is 2. The molecule has 0 fully saturated rings. The number of halogens is 2. The molecule has 1 N–H and O–H groups in total. The van der Waals surface area contributed by atoms with Crippen LogP contribution in [0.2, 0.25) is 0 Å². The first-order valence-corrected chi connectivity index (χ1v) is 9.08. The highest BCUT2D eigenvalue weighted by Gasteiger charge is 2.19. The van der Waals surface area contributed by atoms with Crippen molar-refractivity contribution in [2.75, 3.05) is 27.2 Å². The van der Waals surface area contributed by atoms with Gasteiger partial charge in [-0.3, -0.25) is 4.79 Å². The number of carbonyl (C=O) groups excluding carboxylic acids is 1. The molecule has 1 aromatic heterocycles. The molecule has 0 aliphatic carbocycles. The Morgan fingerprint density at radius 3 is 2.31 bits per heavy atom. The number of hydrogen-bond acceptors (Lipinski definition) is 4. The Balaban J connectivity index is 1.81. The first-order valence-electron chi connectivity index (χ1n) is 9.08. The number of nitrogens with zero attached hydrogens (tertiary/aromatic N) is 3. The van der Waals surface area contributed by atoms with Crippen molar-refractivity contribution in [1.82, 2.24) is 20.0 Å². The zero-order valence-electron chi connectivity index (χ0n) is 16.2. The Kier molecular flexibility index (Phi) is 6.56. The van der Waals surface area contributed by atoms with Crippen LogP contribution in [-0.2, 0) is 6.61 Å². The molecule has 0 unspecified atom stereocenters. The number of likely N-dealkylation sites (N-methyl/N-ethyl adjacent to an activating group) is 1. The van der Waals surface area contributed by atoms with Gasteiger partial charge in [-0.15, -0.1) is 0 Å². The van der Waals surface area contributed by atoms with E-state index in [9.17, 15) is 13.6 Å². The molecule has 152 valence electrons. The van der Waals surface area contributed by atoms with Crippen molar-refractivity contribution >= 4 is 5.91 Å². The molecule has 8 heteroatoms. The van der Waals surface area contributed by atoms with E-state index in [-0.39, 0.29) is 35.6 Å². The van der Waals surface area contributed by atoms with Crippen LogP contribution in [0.15, 0.2) is 54.7 Å². The zero-order chi connectivity index (χ0) is 20.8. The maximum absolute atomic E-state index is 13.2. The van der Waals surface area contributed by atoms with Crippen LogP contribution in [0.5, 0.6) is 5.75 Å². The topological polar surface area (TPSA) is 59.4 Å². The Hall–Kier alpha value is -3.26. The van der Waals surface area contributed by atoms with Gasteiger partial charge in [0.2, 0.25) is 0 Å². The van der Waals surface area contributed by atoms with E-state index in [4.69, 9.17) is 4.74 Å². The molecule has 0 radical (unpaired) electrons. The molecule has 0 saturated heterocycles. The van der Waals surface area contributed by atoms with E-state index >= 15 is 0 Å². The van der Waals surface area contributed by atoms with Gasteiger partial charge in [-0.25, -0.2) is 13.5 Å². The smallest absolute Gasteiger partial charge is 0.275 e. The third-order valence-corrected chi connectivity index (χ3v) is 4.14. The normalized spacial score (nSPS) is 10.9. The average molecular weight is 400 g/mol. The number of rotatable bonds is 8. The second kappa shape index (κ2) is 9.29. The lowest BCUT2D eigenvalue weighted by Gasteiger charge is -2.10. The number of carbonyl (C=O) groups is 1. The highest BCUT2D eigenvalue weighted by atomic mass is 19.1. The van der Waals surface area contributed by atoms with E-state index in [0.29, 0.717) is 18.8 Å². The lowest BCUT2D eigenvalue weighted by atomic mass is 10.2. The lowest BCUT2D eigenvalue weighted by Crippen LogP contribution is -2.31. The SMILES string of the molecule is CN(C)CCNC(=O)c1nn(-c2ccc(F)cc2)cc1OCc1ccc(F)cc1. The summed E-state index contributed by atoms with van der Waals surface area (Å²) in [6.07, 6.45) is 1.57. The summed E-state index contributed by atoms with van der Waals surface area (Å²) in [5.74, 6) is -0.794. The van der Waals surface area contributed by atoms with Crippen molar-refractivity contribution in [2.24, 2.45) is 0 Å². The summed E-state index contributed by atoms with van der Waals surface area (Å²) >= 11 is 0. The van der Waals surface area contributed by atoms with Crippen molar-refractivity contribution in [1.29, 1.82) is 0 Å². The van der Waals surface area contributed by atoms with Crippen molar-refractivity contribution in [3.05, 3.63) is 77.6 Å². The molecule has 1 amide bonds. The molecule has 2 aromatic carbocycles. The van der Waals surface area contributed by atoms with E-state index in [2.05, 4.69) is 10.4 Å². The minimum atomic E-state index is -0.373. The molecule has 0 aliphatic rings. The Bertz CT molecular complexity index is 954. The summed E-state index contributed by atoms with van der Waals surface area (Å²) in [5.41, 5.74) is 1.46. The van der Waals surface area contributed by atoms with Crippen LogP contribution in [-0.4, -0.2) is 47.8 Å². The molecule has 6 nitrogen and oxygen atoms in total. The van der Waals surface area contributed by atoms with Crippen LogP contribution in [0, 0.1) is 11.6 Å². The highest BCUT2D eigenvalue weighted by molar-refractivity contribution is 5.94. The van der Waals surface area contributed by atoms with Crippen molar-refractivity contribution in [3.8, 4) is 11.4 Å². The molecule has 0 atom stereocenters. The second-order valence-corrected chi connectivity index (χ2v) is 6.74. The summed E-state index contributed by atoms with van der Waals surface area (Å²) in [4.78, 5) is 14.6. The van der Waals surface area contributed by atoms with Gasteiger partial charge >= 0.3 is 0 Å². The van der Waals surface area contributed by atoms with E-state index in [0.717, 1.165) is 5.56 Å². The summed E-state index contributed by atoms with van der Waals surface area (Å²) in [6.45, 7) is 1.27. The fourth-order valence-electron chi connectivity index (χ4n) is 2.57. The van der Waals surface area contributed by atoms with Gasteiger partial charge in [-0.1, -0.05) is 12.1 Å². The molecule has 3 rings (SSSR count). The number of ether oxygens (including phenoxy) is 1. The molecule has 29 heavy (non-hydrogen) atoms. The third-order valence-electron chi connectivity index (χ3n) is 4.14. The van der Waals surface area contributed by atoms with Gasteiger partial charge < -0.3 is 15.0 Å². The van der Waals surface area contributed by atoms with Gasteiger partial charge in [-0.05, 0) is 56.1 Å². The molecule has 0 saturated carbocycles. The van der Waals surface area contributed by atoms with Crippen molar-refractivity contribution < 1.29 is 18.3 Å². The summed E-state index contributed by atoms with van der Waals surface area (Å²) < 4.78 is 33.5. The van der Waals surface area contributed by atoms with Gasteiger partial charge in [0.05, 0.1) is 11.9 Å². The third kappa shape index (κ3) is 5.61. The standard InChI is InChI=1S/C21H22F2N4O2/c1-26(2)12-11-24-21(28)20-19(29-14-15-3-5-16(22)6-4-15)13-27(25-20)18-9-7-17(23)8-10-18/h3-10,13H,11-12,14H2,1-2H3,(H,24,28). The van der Waals surface area contributed by atoms with Crippen LogP contribution in [0.25, 0.3) is 5.69 Å². The molecule has 0 aliphatic heterocycles. The van der Waals surface area contributed by atoms with Gasteiger partial charge in [-0.2, -0.15) is 5.10 Å². The molecular formula is C21H22F2N4O2. The summed E-state index contributed by atoms with van der Waals surface area (Å²) in [6, 6.07) is 11.6. The monoisotopic (exact) mass is 400 g/mol. The lowest BCUT2D eigenvalue weighted by molar-refractivity contribution is 0.0941. The van der Waals surface area contributed by atoms with Crippen LogP contribution >= 0.6 is 0 Å². The number of aromatic nitrogens is 2. The van der Waals surface area contributed by atoms with E-state index in [1.54, 1.807) is 30.5 Å². The predicted octanol–water partition coefficient (Wildman–Crippen LogP) is 3.02. The maximum Gasteiger partial charge on any atom is 0.275 e. The minimum Gasteiger partial charge on any atom is -0.485 e. The van der Waals surface area contributed by atoms with E-state index in [1.807, 2.05) is 19.0 Å². The number of nitrogens with one attached hydrogen (secondary N) is 1. The van der Waals surface area contributed by atoms with Crippen molar-refractivity contribution in [2.45, 2.75) is 6.61 Å². The highest BCUT2D eigenvalue weighted by Crippen LogP contribution is 2.21. The fraction of sp³-hybridized carbons (Fsp3) is 0.238. The van der Waals surface area contributed by atoms with Crippen LogP contribution < -0.4 is 10.1 Å². The zero-order valence-corrected chi connectivity index (χ0v) is 16.2. The molecule has 0 spiro atoms. The quantitative estimate of drug-likeness (QED) is 0.632. The van der Waals surface area contributed by atoms with Gasteiger partial charge in [0.25, 0.3) is 5.91 Å². The average Bonchev–Trinajstić information content (AvgIpc) is 3.12.